The van der Waals surface area contributed by atoms with Crippen molar-refractivity contribution in [2.24, 2.45) is 17.3 Å². The molecular formula is C26H38F3N3O6. The highest BCUT2D eigenvalue weighted by molar-refractivity contribution is 5.89. The van der Waals surface area contributed by atoms with Gasteiger partial charge < -0.3 is 14.8 Å². The van der Waals surface area contributed by atoms with Gasteiger partial charge in [-0.05, 0) is 36.5 Å². The van der Waals surface area contributed by atoms with E-state index < -0.39 is 35.4 Å². The minimum atomic E-state index is -4.83. The average Bonchev–Trinajstić information content (AvgIpc) is 2.84. The Bertz CT molecular complexity index is 914. The largest absolute Gasteiger partial charge is 0.573 e. The smallest absolute Gasteiger partial charge is 0.406 e. The molecule has 9 nitrogen and oxygen atoms in total. The van der Waals surface area contributed by atoms with E-state index in [0.29, 0.717) is 36.9 Å². The number of halogens is 3. The summed E-state index contributed by atoms with van der Waals surface area (Å²) in [4.78, 5) is 40.0. The highest BCUT2D eigenvalue weighted by atomic mass is 19.4. The van der Waals surface area contributed by atoms with Crippen molar-refractivity contribution < 1.29 is 42.2 Å². The first-order chi connectivity index (χ1) is 17.7. The van der Waals surface area contributed by atoms with Crippen LogP contribution in [0.1, 0.15) is 39.7 Å². The molecule has 0 radical (unpaired) electrons. The van der Waals surface area contributed by atoms with Crippen LogP contribution < -0.4 is 10.1 Å². The Hall–Kier alpha value is -2.70. The molecule has 214 valence electrons. The van der Waals surface area contributed by atoms with Crippen LogP contribution in [0.5, 0.6) is 5.75 Å². The van der Waals surface area contributed by atoms with Crippen molar-refractivity contribution in [1.29, 1.82) is 0 Å². The molecule has 1 saturated heterocycles. The van der Waals surface area contributed by atoms with Gasteiger partial charge in [0.15, 0.2) is 0 Å². The van der Waals surface area contributed by atoms with Gasteiger partial charge in [-0.15, -0.1) is 13.2 Å². The number of alkyl halides is 3. The van der Waals surface area contributed by atoms with Gasteiger partial charge in [-0.25, -0.2) is 5.06 Å². The first-order valence-electron chi connectivity index (χ1n) is 12.6. The lowest BCUT2D eigenvalue weighted by Gasteiger charge is -2.33. The molecule has 1 fully saturated rings. The van der Waals surface area contributed by atoms with Gasteiger partial charge >= 0.3 is 6.36 Å². The van der Waals surface area contributed by atoms with Gasteiger partial charge in [0.05, 0.1) is 19.3 Å². The number of carbonyl (C=O) groups is 3. The van der Waals surface area contributed by atoms with Gasteiger partial charge in [0, 0.05) is 44.4 Å². The van der Waals surface area contributed by atoms with Crippen LogP contribution in [-0.2, 0) is 25.5 Å². The van der Waals surface area contributed by atoms with E-state index in [0.717, 1.165) is 25.2 Å². The molecule has 1 aromatic carbocycles. The Morgan fingerprint density at radius 2 is 1.79 bits per heavy atom. The van der Waals surface area contributed by atoms with E-state index in [1.165, 1.54) is 19.1 Å². The first-order valence-corrected chi connectivity index (χ1v) is 12.6. The maximum Gasteiger partial charge on any atom is 0.573 e. The third kappa shape index (κ3) is 10.2. The van der Waals surface area contributed by atoms with Gasteiger partial charge in [-0.1, -0.05) is 32.9 Å². The van der Waals surface area contributed by atoms with Crippen LogP contribution in [0.2, 0.25) is 0 Å². The molecule has 1 heterocycles. The summed E-state index contributed by atoms with van der Waals surface area (Å²) >= 11 is 0. The summed E-state index contributed by atoms with van der Waals surface area (Å²) in [5, 5.41) is 13.3. The van der Waals surface area contributed by atoms with E-state index >= 15 is 0 Å². The van der Waals surface area contributed by atoms with Gasteiger partial charge in [-0.3, -0.25) is 24.5 Å². The van der Waals surface area contributed by atoms with Crippen molar-refractivity contribution >= 4 is 18.1 Å². The fourth-order valence-corrected chi connectivity index (χ4v) is 4.34. The number of Topliss-reactive ketones (excluding diaryl/α,β-unsaturated/α-hetero) is 1. The van der Waals surface area contributed by atoms with Crippen molar-refractivity contribution in [3.8, 4) is 5.75 Å². The van der Waals surface area contributed by atoms with Gasteiger partial charge in [0.1, 0.15) is 11.5 Å². The highest BCUT2D eigenvalue weighted by Gasteiger charge is 2.37. The molecule has 0 aliphatic carbocycles. The number of benzene rings is 1. The Morgan fingerprint density at radius 3 is 2.32 bits per heavy atom. The van der Waals surface area contributed by atoms with Crippen LogP contribution in [0.25, 0.3) is 0 Å². The van der Waals surface area contributed by atoms with E-state index in [9.17, 15) is 32.8 Å². The number of hydrogen-bond acceptors (Lipinski definition) is 7. The number of nitrogens with zero attached hydrogens (tertiary/aromatic N) is 2. The number of rotatable bonds is 13. The predicted octanol–water partition coefficient (Wildman–Crippen LogP) is 3.05. The molecular weight excluding hydrogens is 507 g/mol. The lowest BCUT2D eigenvalue weighted by atomic mass is 9.74. The Balaban J connectivity index is 2.13. The number of amides is 2. The quantitative estimate of drug-likeness (QED) is 0.223. The molecule has 12 heteroatoms. The van der Waals surface area contributed by atoms with E-state index in [-0.39, 0.29) is 30.9 Å². The highest BCUT2D eigenvalue weighted by Crippen LogP contribution is 2.32. The maximum atomic E-state index is 13.5. The van der Waals surface area contributed by atoms with Gasteiger partial charge in [-0.2, -0.15) is 0 Å². The van der Waals surface area contributed by atoms with E-state index in [1.54, 1.807) is 0 Å². The maximum absolute atomic E-state index is 13.5. The molecule has 0 bridgehead atoms. The minimum Gasteiger partial charge on any atom is -0.406 e. The van der Waals surface area contributed by atoms with Crippen molar-refractivity contribution in [2.45, 2.75) is 52.9 Å². The van der Waals surface area contributed by atoms with Crippen molar-refractivity contribution in [1.82, 2.24) is 15.3 Å². The third-order valence-electron chi connectivity index (χ3n) is 6.73. The SMILES string of the molecule is C[C@@H]([C@@H](Cc1ccc(OC(F)(F)F)cc1)C(=O)C[C@H](C(=O)NCCN1CCOCC1)C(C)(C)C)N(O)C=O. The molecule has 1 aliphatic rings. The molecule has 3 atom stereocenters. The Morgan fingerprint density at radius 1 is 1.18 bits per heavy atom. The molecule has 1 aromatic rings. The van der Waals surface area contributed by atoms with Crippen LogP contribution in [0.15, 0.2) is 24.3 Å². The Kier molecular flexibility index (Phi) is 11.5. The van der Waals surface area contributed by atoms with Crippen molar-refractivity contribution in [3.63, 3.8) is 0 Å². The topological polar surface area (TPSA) is 108 Å². The van der Waals surface area contributed by atoms with Gasteiger partial charge in [0.25, 0.3) is 0 Å². The minimum absolute atomic E-state index is 0.0344. The first kappa shape index (κ1) is 31.5. The molecule has 0 saturated carbocycles. The molecule has 0 aromatic heterocycles. The fourth-order valence-electron chi connectivity index (χ4n) is 4.34. The third-order valence-corrected chi connectivity index (χ3v) is 6.73. The molecule has 2 rings (SSSR count). The Labute approximate surface area is 221 Å². The van der Waals surface area contributed by atoms with Crippen LogP contribution in [-0.4, -0.2) is 85.1 Å². The number of morpholine rings is 1. The number of carbonyl (C=O) groups excluding carboxylic acids is 3. The standard InChI is InChI=1S/C26H38F3N3O6/c1-18(32(36)17-33)21(15-19-5-7-20(8-6-19)38-26(27,28)29)23(34)16-22(25(2,3)4)24(35)30-9-10-31-11-13-37-14-12-31/h5-8,17-18,21-22,36H,9-16H2,1-4H3,(H,30,35)/t18-,21+,22+/m0/s1. The molecule has 2 amide bonds. The second kappa shape index (κ2) is 13.9. The number of nitrogens with one attached hydrogen (secondary N) is 1. The average molecular weight is 546 g/mol. The predicted molar refractivity (Wildman–Crippen MR) is 132 cm³/mol. The molecule has 38 heavy (non-hydrogen) atoms. The lowest BCUT2D eigenvalue weighted by molar-refractivity contribution is -0.274. The normalized spacial score (nSPS) is 17.3. The fraction of sp³-hybridized carbons (Fsp3) is 0.654. The molecule has 0 unspecified atom stereocenters. The van der Waals surface area contributed by atoms with Crippen molar-refractivity contribution in [3.05, 3.63) is 29.8 Å². The van der Waals surface area contributed by atoms with Crippen LogP contribution >= 0.6 is 0 Å². The second-order valence-corrected chi connectivity index (χ2v) is 10.6. The lowest BCUT2D eigenvalue weighted by Crippen LogP contribution is -2.46. The zero-order valence-corrected chi connectivity index (χ0v) is 22.3. The van der Waals surface area contributed by atoms with Crippen LogP contribution in [0, 0.1) is 17.3 Å². The zero-order valence-electron chi connectivity index (χ0n) is 22.3. The zero-order chi connectivity index (χ0) is 28.5. The monoisotopic (exact) mass is 545 g/mol. The van der Waals surface area contributed by atoms with Gasteiger partial charge in [0.2, 0.25) is 12.3 Å². The molecule has 0 spiro atoms. The molecule has 1 aliphatic heterocycles. The number of hydroxylamine groups is 2. The second-order valence-electron chi connectivity index (χ2n) is 10.6. The summed E-state index contributed by atoms with van der Waals surface area (Å²) in [7, 11) is 0. The van der Waals surface area contributed by atoms with E-state index in [4.69, 9.17) is 4.74 Å². The summed E-state index contributed by atoms with van der Waals surface area (Å²) < 4.78 is 46.6. The number of hydrogen-bond donors (Lipinski definition) is 2. The summed E-state index contributed by atoms with van der Waals surface area (Å²) in [5.74, 6) is -2.62. The van der Waals surface area contributed by atoms with E-state index in [1.807, 2.05) is 20.8 Å². The summed E-state index contributed by atoms with van der Waals surface area (Å²) in [5.41, 5.74) is -0.0570. The van der Waals surface area contributed by atoms with Crippen molar-refractivity contribution in [2.75, 3.05) is 39.4 Å². The number of ketones is 1. The van der Waals surface area contributed by atoms with E-state index in [2.05, 4.69) is 15.0 Å². The molecule has 2 N–H and O–H groups in total. The summed E-state index contributed by atoms with van der Waals surface area (Å²) in [6, 6.07) is 4.10. The summed E-state index contributed by atoms with van der Waals surface area (Å²) in [6.07, 6.45) is -4.75. The number of ether oxygens (including phenoxy) is 2. The summed E-state index contributed by atoms with van der Waals surface area (Å²) in [6.45, 7) is 11.0. The van der Waals surface area contributed by atoms with Crippen LogP contribution in [0.3, 0.4) is 0 Å². The van der Waals surface area contributed by atoms with Crippen LogP contribution in [0.4, 0.5) is 13.2 Å².